The van der Waals surface area contributed by atoms with Crippen molar-refractivity contribution in [2.24, 2.45) is 5.41 Å². The number of nitrogens with one attached hydrogen (secondary N) is 2. The van der Waals surface area contributed by atoms with Gasteiger partial charge in [0, 0.05) is 34.9 Å². The number of methoxy groups -OCH3 is 1. The molecule has 6 heteroatoms. The van der Waals surface area contributed by atoms with E-state index in [0.29, 0.717) is 46.7 Å². The van der Waals surface area contributed by atoms with Crippen LogP contribution in [-0.4, -0.2) is 18.8 Å². The maximum absolute atomic E-state index is 14.2. The molecule has 0 fully saturated rings. The van der Waals surface area contributed by atoms with Crippen molar-refractivity contribution < 1.29 is 18.7 Å². The molecule has 2 aromatic rings. The first-order chi connectivity index (χ1) is 15.2. The number of carbonyl (C=O) groups excluding carboxylic acids is 2. The molecule has 1 atom stereocenters. The van der Waals surface area contributed by atoms with Gasteiger partial charge in [0.25, 0.3) is 5.91 Å². The number of dihydropyridines is 1. The molecule has 0 unspecified atom stereocenters. The minimum atomic E-state index is -0.653. The van der Waals surface area contributed by atoms with Gasteiger partial charge in [-0.05, 0) is 48.6 Å². The Morgan fingerprint density at radius 2 is 1.91 bits per heavy atom. The summed E-state index contributed by atoms with van der Waals surface area (Å²) in [5.74, 6) is -0.916. The van der Waals surface area contributed by atoms with Crippen LogP contribution in [0, 0.1) is 11.2 Å². The monoisotopic (exact) mass is 434 g/mol. The molecule has 2 aromatic carbocycles. The third kappa shape index (κ3) is 4.05. The lowest BCUT2D eigenvalue weighted by atomic mass is 9.68. The molecule has 1 amide bonds. The Hall–Kier alpha value is -3.41. The Labute approximate surface area is 187 Å². The quantitative estimate of drug-likeness (QED) is 0.705. The van der Waals surface area contributed by atoms with Crippen molar-refractivity contribution in [2.45, 2.75) is 39.5 Å². The third-order valence-electron chi connectivity index (χ3n) is 6.02. The van der Waals surface area contributed by atoms with E-state index in [4.69, 9.17) is 4.74 Å². The molecule has 0 aromatic heterocycles. The molecule has 166 valence electrons. The number of ether oxygens (including phenoxy) is 1. The zero-order valence-corrected chi connectivity index (χ0v) is 18.7. The highest BCUT2D eigenvalue weighted by Gasteiger charge is 2.42. The number of allylic oxidation sites excluding steroid dienone is 3. The second kappa shape index (κ2) is 8.26. The van der Waals surface area contributed by atoms with Crippen LogP contribution in [0.15, 0.2) is 71.1 Å². The predicted octanol–water partition coefficient (Wildman–Crippen LogP) is 5.08. The van der Waals surface area contributed by atoms with Crippen molar-refractivity contribution in [1.29, 1.82) is 0 Å². The lowest BCUT2D eigenvalue weighted by molar-refractivity contribution is -0.118. The molecule has 0 bridgehead atoms. The molecule has 1 heterocycles. The molecule has 1 aliphatic carbocycles. The van der Waals surface area contributed by atoms with Crippen molar-refractivity contribution in [3.8, 4) is 5.75 Å². The maximum atomic E-state index is 14.2. The number of anilines is 1. The van der Waals surface area contributed by atoms with E-state index in [0.717, 1.165) is 5.70 Å². The van der Waals surface area contributed by atoms with Gasteiger partial charge in [-0.1, -0.05) is 38.1 Å². The number of rotatable bonds is 4. The zero-order valence-electron chi connectivity index (χ0n) is 18.7. The first-order valence-electron chi connectivity index (χ1n) is 10.6. The number of hydrogen-bond donors (Lipinski definition) is 2. The van der Waals surface area contributed by atoms with Gasteiger partial charge in [-0.25, -0.2) is 4.39 Å². The normalized spacial score (nSPS) is 19.9. The number of carbonyl (C=O) groups is 2. The van der Waals surface area contributed by atoms with Gasteiger partial charge in [-0.3, -0.25) is 9.59 Å². The van der Waals surface area contributed by atoms with E-state index in [1.165, 1.54) is 19.2 Å². The Kier molecular flexibility index (Phi) is 5.63. The van der Waals surface area contributed by atoms with Crippen molar-refractivity contribution in [2.75, 3.05) is 12.4 Å². The average molecular weight is 435 g/mol. The summed E-state index contributed by atoms with van der Waals surface area (Å²) in [5.41, 5.74) is 3.32. The summed E-state index contributed by atoms with van der Waals surface area (Å²) in [6, 6.07) is 13.3. The topological polar surface area (TPSA) is 67.4 Å². The first kappa shape index (κ1) is 21.8. The van der Waals surface area contributed by atoms with Gasteiger partial charge < -0.3 is 15.4 Å². The predicted molar refractivity (Wildman–Crippen MR) is 122 cm³/mol. The van der Waals surface area contributed by atoms with Crippen LogP contribution < -0.4 is 15.4 Å². The summed E-state index contributed by atoms with van der Waals surface area (Å²) in [5, 5.41) is 6.23. The molecule has 0 spiro atoms. The first-order valence-corrected chi connectivity index (χ1v) is 10.6. The van der Waals surface area contributed by atoms with Gasteiger partial charge >= 0.3 is 0 Å². The van der Waals surface area contributed by atoms with Crippen LogP contribution in [0.1, 0.15) is 45.1 Å². The number of benzene rings is 2. The van der Waals surface area contributed by atoms with Crippen LogP contribution in [-0.2, 0) is 9.59 Å². The van der Waals surface area contributed by atoms with Crippen molar-refractivity contribution >= 4 is 17.4 Å². The zero-order chi connectivity index (χ0) is 23.0. The molecule has 4 rings (SSSR count). The summed E-state index contributed by atoms with van der Waals surface area (Å²) in [4.78, 5) is 26.8. The Morgan fingerprint density at radius 1 is 1.16 bits per heavy atom. The van der Waals surface area contributed by atoms with E-state index in [-0.39, 0.29) is 17.1 Å². The summed E-state index contributed by atoms with van der Waals surface area (Å²) in [6.07, 6.45) is 1.05. The van der Waals surface area contributed by atoms with Crippen LogP contribution >= 0.6 is 0 Å². The fourth-order valence-corrected chi connectivity index (χ4v) is 4.69. The Balaban J connectivity index is 1.82. The molecule has 0 saturated carbocycles. The average Bonchev–Trinajstić information content (AvgIpc) is 2.72. The van der Waals surface area contributed by atoms with Crippen LogP contribution in [0.3, 0.4) is 0 Å². The highest BCUT2D eigenvalue weighted by Crippen LogP contribution is 2.46. The SMILES string of the molecule is COc1ccccc1NC(=O)C1=C(C)NC2=C(C(=O)CC(C)(C)C2)[C@H]1c1cccc(F)c1. The van der Waals surface area contributed by atoms with E-state index in [1.54, 1.807) is 30.3 Å². The lowest BCUT2D eigenvalue weighted by Gasteiger charge is -2.39. The van der Waals surface area contributed by atoms with Crippen LogP contribution in [0.25, 0.3) is 0 Å². The molecule has 5 nitrogen and oxygen atoms in total. The molecule has 0 radical (unpaired) electrons. The molecule has 2 N–H and O–H groups in total. The van der Waals surface area contributed by atoms with E-state index in [9.17, 15) is 14.0 Å². The lowest BCUT2D eigenvalue weighted by Crippen LogP contribution is -2.39. The van der Waals surface area contributed by atoms with Crippen molar-refractivity contribution in [1.82, 2.24) is 5.32 Å². The minimum absolute atomic E-state index is 0.0203. The summed E-state index contributed by atoms with van der Waals surface area (Å²) in [6.45, 7) is 5.92. The van der Waals surface area contributed by atoms with E-state index < -0.39 is 11.7 Å². The van der Waals surface area contributed by atoms with Gasteiger partial charge in [0.15, 0.2) is 5.78 Å². The van der Waals surface area contributed by atoms with Crippen molar-refractivity contribution in [3.05, 3.63) is 82.5 Å². The number of halogens is 1. The van der Waals surface area contributed by atoms with Crippen molar-refractivity contribution in [3.63, 3.8) is 0 Å². The largest absolute Gasteiger partial charge is 0.495 e. The molecule has 32 heavy (non-hydrogen) atoms. The molecule has 2 aliphatic rings. The molecular formula is C26H27FN2O3. The van der Waals surface area contributed by atoms with Gasteiger partial charge in [0.2, 0.25) is 0 Å². The van der Waals surface area contributed by atoms with Gasteiger partial charge in [0.05, 0.1) is 12.8 Å². The number of amides is 1. The highest BCUT2D eigenvalue weighted by molar-refractivity contribution is 6.10. The number of Topliss-reactive ketones (excluding diaryl/α,β-unsaturated/α-hetero) is 1. The highest BCUT2D eigenvalue weighted by atomic mass is 19.1. The van der Waals surface area contributed by atoms with Crippen LogP contribution in [0.2, 0.25) is 0 Å². The Morgan fingerprint density at radius 3 is 2.62 bits per heavy atom. The fraction of sp³-hybridized carbons (Fsp3) is 0.308. The maximum Gasteiger partial charge on any atom is 0.254 e. The number of ketones is 1. The van der Waals surface area contributed by atoms with Gasteiger partial charge in [-0.15, -0.1) is 0 Å². The third-order valence-corrected chi connectivity index (χ3v) is 6.02. The molecule has 0 saturated heterocycles. The van der Waals surface area contributed by atoms with E-state index in [2.05, 4.69) is 24.5 Å². The van der Waals surface area contributed by atoms with Gasteiger partial charge in [-0.2, -0.15) is 0 Å². The van der Waals surface area contributed by atoms with Crippen LogP contribution in [0.5, 0.6) is 5.75 Å². The summed E-state index contributed by atoms with van der Waals surface area (Å²) >= 11 is 0. The second-order valence-electron chi connectivity index (χ2n) is 9.14. The number of para-hydroxylation sites is 2. The number of hydrogen-bond acceptors (Lipinski definition) is 4. The van der Waals surface area contributed by atoms with E-state index in [1.807, 2.05) is 13.0 Å². The standard InChI is InChI=1S/C26H27FN2O3/c1-15-22(25(31)29-18-10-5-6-11-21(18)32-4)23(16-8-7-9-17(27)12-16)24-19(28-15)13-26(2,3)14-20(24)30/h5-12,23,28H,13-14H2,1-4H3,(H,29,31)/t23-/m0/s1. The fourth-order valence-electron chi connectivity index (χ4n) is 4.69. The molecule has 1 aliphatic heterocycles. The molecular weight excluding hydrogens is 407 g/mol. The second-order valence-corrected chi connectivity index (χ2v) is 9.14. The Bertz CT molecular complexity index is 1160. The van der Waals surface area contributed by atoms with E-state index >= 15 is 0 Å². The van der Waals surface area contributed by atoms with Gasteiger partial charge in [0.1, 0.15) is 11.6 Å². The van der Waals surface area contributed by atoms with Crippen LogP contribution in [0.4, 0.5) is 10.1 Å². The summed E-state index contributed by atoms with van der Waals surface area (Å²) < 4.78 is 19.5. The minimum Gasteiger partial charge on any atom is -0.495 e. The smallest absolute Gasteiger partial charge is 0.254 e. The summed E-state index contributed by atoms with van der Waals surface area (Å²) in [7, 11) is 1.53.